The van der Waals surface area contributed by atoms with Crippen molar-refractivity contribution in [2.45, 2.75) is 19.3 Å². The molecule has 1 aromatic heterocycles. The number of aromatic nitrogens is 1. The van der Waals surface area contributed by atoms with Crippen molar-refractivity contribution in [3.8, 4) is 0 Å². The van der Waals surface area contributed by atoms with Crippen LogP contribution in [0, 0.1) is 0 Å². The molecular formula is C21H21N3OS. The van der Waals surface area contributed by atoms with Gasteiger partial charge in [-0.15, -0.1) is 0 Å². The number of anilines is 2. The van der Waals surface area contributed by atoms with Gasteiger partial charge in [0.1, 0.15) is 0 Å². The standard InChI is InChI=1S/C21H21N3OS/c25-21(23-18-8-11-20-17(15-18)5-4-12-22-20)16-6-9-19(10-7-16)24-13-2-1-3-14-26-24/h4-12,15H,1-3,13-14H2,(H,23,25). The molecule has 2 aromatic carbocycles. The molecule has 0 spiro atoms. The van der Waals surface area contributed by atoms with Gasteiger partial charge >= 0.3 is 0 Å². The third kappa shape index (κ3) is 3.83. The maximum Gasteiger partial charge on any atom is 0.255 e. The summed E-state index contributed by atoms with van der Waals surface area (Å²) >= 11 is 1.88. The van der Waals surface area contributed by atoms with Gasteiger partial charge in [0, 0.05) is 40.8 Å². The van der Waals surface area contributed by atoms with Gasteiger partial charge in [0.15, 0.2) is 0 Å². The number of carbonyl (C=O) groups is 1. The van der Waals surface area contributed by atoms with Gasteiger partial charge in [-0.3, -0.25) is 9.78 Å². The Morgan fingerprint density at radius 2 is 1.92 bits per heavy atom. The lowest BCUT2D eigenvalue weighted by Gasteiger charge is -2.21. The monoisotopic (exact) mass is 363 g/mol. The van der Waals surface area contributed by atoms with Crippen LogP contribution in [0.1, 0.15) is 29.6 Å². The first-order chi connectivity index (χ1) is 12.8. The molecule has 1 saturated heterocycles. The van der Waals surface area contributed by atoms with Crippen LogP contribution in [0.3, 0.4) is 0 Å². The van der Waals surface area contributed by atoms with Gasteiger partial charge in [-0.25, -0.2) is 0 Å². The lowest BCUT2D eigenvalue weighted by molar-refractivity contribution is 0.102. The molecule has 4 nitrogen and oxygen atoms in total. The molecule has 0 atom stereocenters. The summed E-state index contributed by atoms with van der Waals surface area (Å²) in [7, 11) is 0. The van der Waals surface area contributed by atoms with Gasteiger partial charge in [-0.2, -0.15) is 0 Å². The van der Waals surface area contributed by atoms with Crippen molar-refractivity contribution in [3.63, 3.8) is 0 Å². The van der Waals surface area contributed by atoms with E-state index < -0.39 is 0 Å². The third-order valence-corrected chi connectivity index (χ3v) is 5.71. The predicted octanol–water partition coefficient (Wildman–Crippen LogP) is 5.13. The van der Waals surface area contributed by atoms with E-state index in [1.165, 1.54) is 30.7 Å². The Morgan fingerprint density at radius 1 is 1.04 bits per heavy atom. The van der Waals surface area contributed by atoms with Gasteiger partial charge in [-0.1, -0.05) is 12.5 Å². The van der Waals surface area contributed by atoms with E-state index in [0.29, 0.717) is 5.56 Å². The molecule has 132 valence electrons. The van der Waals surface area contributed by atoms with Crippen LogP contribution in [0.2, 0.25) is 0 Å². The van der Waals surface area contributed by atoms with Crippen LogP contribution < -0.4 is 9.62 Å². The topological polar surface area (TPSA) is 45.2 Å². The Bertz CT molecular complexity index is 903. The largest absolute Gasteiger partial charge is 0.322 e. The fraction of sp³-hybridized carbons (Fsp3) is 0.238. The van der Waals surface area contributed by atoms with E-state index >= 15 is 0 Å². The molecule has 1 fully saturated rings. The number of hydrogen-bond donors (Lipinski definition) is 1. The molecule has 0 saturated carbocycles. The lowest BCUT2D eigenvalue weighted by atomic mass is 10.1. The molecule has 4 rings (SSSR count). The van der Waals surface area contributed by atoms with Crippen LogP contribution in [0.5, 0.6) is 0 Å². The zero-order valence-electron chi connectivity index (χ0n) is 14.5. The zero-order chi connectivity index (χ0) is 17.8. The molecule has 0 aliphatic carbocycles. The summed E-state index contributed by atoms with van der Waals surface area (Å²) in [4.78, 5) is 16.8. The number of rotatable bonds is 3. The molecule has 2 heterocycles. The molecule has 0 bridgehead atoms. The van der Waals surface area contributed by atoms with Crippen LogP contribution in [0.25, 0.3) is 10.9 Å². The van der Waals surface area contributed by atoms with E-state index in [1.54, 1.807) is 6.20 Å². The number of carbonyl (C=O) groups excluding carboxylic acids is 1. The summed E-state index contributed by atoms with van der Waals surface area (Å²) < 4.78 is 2.34. The Labute approximate surface area is 157 Å². The van der Waals surface area contributed by atoms with Crippen molar-refractivity contribution in [2.75, 3.05) is 21.9 Å². The van der Waals surface area contributed by atoms with Crippen LogP contribution in [0.4, 0.5) is 11.4 Å². The fourth-order valence-electron chi connectivity index (χ4n) is 3.11. The Hall–Kier alpha value is -2.53. The molecule has 1 aliphatic rings. The number of nitrogens with zero attached hydrogens (tertiary/aromatic N) is 2. The first-order valence-electron chi connectivity index (χ1n) is 8.96. The maximum absolute atomic E-state index is 12.5. The van der Waals surface area contributed by atoms with Crippen molar-refractivity contribution in [3.05, 3.63) is 66.4 Å². The molecule has 5 heteroatoms. The molecule has 1 amide bonds. The van der Waals surface area contributed by atoms with E-state index in [0.717, 1.165) is 23.1 Å². The van der Waals surface area contributed by atoms with Crippen molar-refractivity contribution in [1.29, 1.82) is 0 Å². The number of hydrogen-bond acceptors (Lipinski definition) is 4. The smallest absolute Gasteiger partial charge is 0.255 e. The minimum Gasteiger partial charge on any atom is -0.322 e. The highest BCUT2D eigenvalue weighted by molar-refractivity contribution is 8.00. The quantitative estimate of drug-likeness (QED) is 0.656. The average Bonchev–Trinajstić information content (AvgIpc) is 2.97. The summed E-state index contributed by atoms with van der Waals surface area (Å²) in [6.07, 6.45) is 5.57. The van der Waals surface area contributed by atoms with Crippen LogP contribution in [-0.2, 0) is 0 Å². The SMILES string of the molecule is O=C(Nc1ccc2ncccc2c1)c1ccc(N2CCCCCS2)cc1. The molecule has 1 N–H and O–H groups in total. The van der Waals surface area contributed by atoms with E-state index in [9.17, 15) is 4.79 Å². The minimum atomic E-state index is -0.0942. The number of fused-ring (bicyclic) bond motifs is 1. The van der Waals surface area contributed by atoms with Crippen LogP contribution in [0.15, 0.2) is 60.8 Å². The Morgan fingerprint density at radius 3 is 2.81 bits per heavy atom. The first-order valence-corrected chi connectivity index (χ1v) is 9.90. The summed E-state index contributed by atoms with van der Waals surface area (Å²) in [5.74, 6) is 1.07. The Kier molecular flexibility index (Phi) is 5.07. The minimum absolute atomic E-state index is 0.0942. The number of nitrogens with one attached hydrogen (secondary N) is 1. The second-order valence-electron chi connectivity index (χ2n) is 6.41. The molecule has 1 aliphatic heterocycles. The van der Waals surface area contributed by atoms with Gasteiger partial charge in [0.05, 0.1) is 5.52 Å². The molecule has 3 aromatic rings. The molecule has 26 heavy (non-hydrogen) atoms. The first kappa shape index (κ1) is 16.9. The predicted molar refractivity (Wildman–Crippen MR) is 110 cm³/mol. The number of amides is 1. The van der Waals surface area contributed by atoms with Gasteiger partial charge in [0.2, 0.25) is 0 Å². The van der Waals surface area contributed by atoms with Gasteiger partial charge in [-0.05, 0) is 73.3 Å². The lowest BCUT2D eigenvalue weighted by Crippen LogP contribution is -2.15. The number of benzene rings is 2. The molecular weight excluding hydrogens is 342 g/mol. The second kappa shape index (κ2) is 7.79. The highest BCUT2D eigenvalue weighted by atomic mass is 32.2. The normalized spacial score (nSPS) is 14.8. The van der Waals surface area contributed by atoms with Crippen molar-refractivity contribution >= 4 is 40.1 Å². The number of pyridine rings is 1. The van der Waals surface area contributed by atoms with Crippen LogP contribution in [-0.4, -0.2) is 23.2 Å². The van der Waals surface area contributed by atoms with Crippen LogP contribution >= 0.6 is 11.9 Å². The van der Waals surface area contributed by atoms with E-state index in [1.807, 2.05) is 66.5 Å². The van der Waals surface area contributed by atoms with E-state index in [2.05, 4.69) is 14.6 Å². The fourth-order valence-corrected chi connectivity index (χ4v) is 4.20. The summed E-state index contributed by atoms with van der Waals surface area (Å²) in [6, 6.07) is 17.5. The third-order valence-electron chi connectivity index (χ3n) is 4.53. The summed E-state index contributed by atoms with van der Waals surface area (Å²) in [5.41, 5.74) is 3.54. The van der Waals surface area contributed by atoms with Crippen molar-refractivity contribution in [2.24, 2.45) is 0 Å². The van der Waals surface area contributed by atoms with Crippen molar-refractivity contribution < 1.29 is 4.79 Å². The van der Waals surface area contributed by atoms with Crippen molar-refractivity contribution in [1.82, 2.24) is 4.98 Å². The summed E-state index contributed by atoms with van der Waals surface area (Å²) in [6.45, 7) is 1.07. The van der Waals surface area contributed by atoms with E-state index in [-0.39, 0.29) is 5.91 Å². The zero-order valence-corrected chi connectivity index (χ0v) is 15.3. The molecule has 0 unspecified atom stereocenters. The average molecular weight is 363 g/mol. The molecule has 0 radical (unpaired) electrons. The van der Waals surface area contributed by atoms with E-state index in [4.69, 9.17) is 0 Å². The highest BCUT2D eigenvalue weighted by Gasteiger charge is 2.12. The maximum atomic E-state index is 12.5. The van der Waals surface area contributed by atoms with Gasteiger partial charge in [0.25, 0.3) is 5.91 Å². The summed E-state index contributed by atoms with van der Waals surface area (Å²) in [5, 5.41) is 3.99. The highest BCUT2D eigenvalue weighted by Crippen LogP contribution is 2.27. The van der Waals surface area contributed by atoms with Gasteiger partial charge < -0.3 is 9.62 Å². The second-order valence-corrected chi connectivity index (χ2v) is 7.52. The Balaban J connectivity index is 1.47.